The fourth-order valence-corrected chi connectivity index (χ4v) is 3.17. The van der Waals surface area contributed by atoms with Gasteiger partial charge in [-0.25, -0.2) is 0 Å². The van der Waals surface area contributed by atoms with Gasteiger partial charge in [0.2, 0.25) is 0 Å². The van der Waals surface area contributed by atoms with Gasteiger partial charge in [0.1, 0.15) is 0 Å². The lowest BCUT2D eigenvalue weighted by molar-refractivity contribution is -0.142. The van der Waals surface area contributed by atoms with Gasteiger partial charge < -0.3 is 5.11 Å². The smallest absolute Gasteiger partial charge is 0.309 e. The first-order chi connectivity index (χ1) is 8.16. The lowest BCUT2D eigenvalue weighted by Crippen LogP contribution is -2.31. The van der Waals surface area contributed by atoms with E-state index >= 15 is 0 Å². The number of halogens is 1. The maximum absolute atomic E-state index is 11.2. The molecule has 1 N–H and O–H groups in total. The summed E-state index contributed by atoms with van der Waals surface area (Å²) in [5, 5.41) is 11.3. The van der Waals surface area contributed by atoms with Crippen molar-refractivity contribution in [3.63, 3.8) is 0 Å². The second kappa shape index (κ2) is 3.95. The minimum atomic E-state index is -0.720. The summed E-state index contributed by atoms with van der Waals surface area (Å²) < 4.78 is 1.03. The highest BCUT2D eigenvalue weighted by Gasteiger charge is 2.36. The van der Waals surface area contributed by atoms with E-state index in [4.69, 9.17) is 0 Å². The van der Waals surface area contributed by atoms with Gasteiger partial charge in [-0.2, -0.15) is 0 Å². The number of benzene rings is 1. The van der Waals surface area contributed by atoms with E-state index in [1.165, 1.54) is 5.57 Å². The van der Waals surface area contributed by atoms with Crippen molar-refractivity contribution in [3.8, 4) is 0 Å². The largest absolute Gasteiger partial charge is 0.481 e. The summed E-state index contributed by atoms with van der Waals surface area (Å²) in [6.07, 6.45) is 2.66. The summed E-state index contributed by atoms with van der Waals surface area (Å²) in [5.41, 5.74) is 1.21. The summed E-state index contributed by atoms with van der Waals surface area (Å²) in [6.45, 7) is 0. The first kappa shape index (κ1) is 11.0. The van der Waals surface area contributed by atoms with Crippen LogP contribution < -0.4 is 10.6 Å². The number of aliphatic carboxylic acids is 1. The van der Waals surface area contributed by atoms with Gasteiger partial charge in [-0.1, -0.05) is 15.9 Å². The second-order valence-corrected chi connectivity index (χ2v) is 5.51. The Balaban J connectivity index is 2.19. The zero-order chi connectivity index (χ0) is 12.0. The molecule has 88 valence electrons. The van der Waals surface area contributed by atoms with Gasteiger partial charge in [0.15, 0.2) is 0 Å². The summed E-state index contributed by atoms with van der Waals surface area (Å²) >= 11 is 3.45. The Kier molecular flexibility index (Phi) is 2.54. The van der Waals surface area contributed by atoms with Gasteiger partial charge in [0, 0.05) is 9.69 Å². The van der Waals surface area contributed by atoms with Crippen molar-refractivity contribution in [2.24, 2.45) is 10.9 Å². The summed E-state index contributed by atoms with van der Waals surface area (Å²) in [4.78, 5) is 15.8. The van der Waals surface area contributed by atoms with Crippen LogP contribution in [0.15, 0.2) is 27.7 Å². The number of carboxylic acids is 1. The molecule has 1 heterocycles. The molecule has 1 aliphatic carbocycles. The number of hydrogen-bond donors (Lipinski definition) is 1. The second-order valence-electron chi connectivity index (χ2n) is 4.60. The molecule has 0 amide bonds. The van der Waals surface area contributed by atoms with Crippen LogP contribution in [0.1, 0.15) is 19.3 Å². The SMILES string of the molecule is O=C(O)[C@H]1CCCC2=c3cc(Br)ccc3=N[C@@H]21. The summed E-state index contributed by atoms with van der Waals surface area (Å²) in [7, 11) is 0. The fraction of sp³-hybridized carbons (Fsp3) is 0.385. The highest BCUT2D eigenvalue weighted by atomic mass is 79.9. The molecule has 2 aliphatic rings. The lowest BCUT2D eigenvalue weighted by Gasteiger charge is -2.25. The first-order valence-corrected chi connectivity index (χ1v) is 6.55. The normalized spacial score (nSPS) is 26.1. The molecule has 4 heteroatoms. The molecule has 0 radical (unpaired) electrons. The molecule has 1 saturated carbocycles. The molecule has 3 nitrogen and oxygen atoms in total. The first-order valence-electron chi connectivity index (χ1n) is 5.76. The molecule has 1 aromatic rings. The third kappa shape index (κ3) is 1.71. The Bertz CT molecular complexity index is 608. The van der Waals surface area contributed by atoms with Crippen molar-refractivity contribution in [1.82, 2.24) is 0 Å². The van der Waals surface area contributed by atoms with Crippen molar-refractivity contribution >= 4 is 27.5 Å². The third-order valence-electron chi connectivity index (χ3n) is 3.60. The number of nitrogens with zero attached hydrogens (tertiary/aromatic N) is 1. The highest BCUT2D eigenvalue weighted by Crippen LogP contribution is 2.32. The van der Waals surface area contributed by atoms with Crippen LogP contribution in [0.5, 0.6) is 0 Å². The Morgan fingerprint density at radius 3 is 3.06 bits per heavy atom. The number of carboxylic acid groups (broad SMARTS) is 1. The van der Waals surface area contributed by atoms with Crippen LogP contribution in [-0.4, -0.2) is 17.1 Å². The molecule has 1 aliphatic heterocycles. The minimum Gasteiger partial charge on any atom is -0.481 e. The molecule has 1 fully saturated rings. The Labute approximate surface area is 107 Å². The van der Waals surface area contributed by atoms with E-state index in [1.54, 1.807) is 0 Å². The predicted molar refractivity (Wildman–Crippen MR) is 67.1 cm³/mol. The van der Waals surface area contributed by atoms with E-state index in [2.05, 4.69) is 27.0 Å². The molecule has 0 spiro atoms. The average molecular weight is 294 g/mol. The van der Waals surface area contributed by atoms with Crippen molar-refractivity contribution in [1.29, 1.82) is 0 Å². The molecular weight excluding hydrogens is 282 g/mol. The van der Waals surface area contributed by atoms with Crippen LogP contribution in [0.25, 0.3) is 5.57 Å². The lowest BCUT2D eigenvalue weighted by atomic mass is 9.81. The third-order valence-corrected chi connectivity index (χ3v) is 4.09. The Morgan fingerprint density at radius 2 is 2.29 bits per heavy atom. The van der Waals surface area contributed by atoms with E-state index in [-0.39, 0.29) is 12.0 Å². The van der Waals surface area contributed by atoms with Gasteiger partial charge in [0.25, 0.3) is 0 Å². The van der Waals surface area contributed by atoms with E-state index in [0.29, 0.717) is 0 Å². The number of hydrogen-bond acceptors (Lipinski definition) is 2. The minimum absolute atomic E-state index is 0.134. The van der Waals surface area contributed by atoms with Crippen LogP contribution in [0.2, 0.25) is 0 Å². The van der Waals surface area contributed by atoms with Crippen LogP contribution in [0.4, 0.5) is 0 Å². The van der Waals surface area contributed by atoms with Crippen molar-refractivity contribution in [3.05, 3.63) is 33.2 Å². The van der Waals surface area contributed by atoms with E-state index in [1.807, 2.05) is 12.1 Å². The van der Waals surface area contributed by atoms with Gasteiger partial charge in [-0.3, -0.25) is 9.79 Å². The molecular formula is C13H12BrNO2. The van der Waals surface area contributed by atoms with Gasteiger partial charge in [-0.05, 0) is 43.0 Å². The van der Waals surface area contributed by atoms with E-state index in [9.17, 15) is 9.90 Å². The zero-order valence-electron chi connectivity index (χ0n) is 9.19. The Hall–Kier alpha value is -1.16. The molecule has 0 unspecified atom stereocenters. The molecule has 3 rings (SSSR count). The van der Waals surface area contributed by atoms with Crippen LogP contribution in [-0.2, 0) is 4.79 Å². The van der Waals surface area contributed by atoms with Crippen molar-refractivity contribution in [2.75, 3.05) is 0 Å². The number of fused-ring (bicyclic) bond motifs is 2. The molecule has 0 saturated heterocycles. The monoisotopic (exact) mass is 293 g/mol. The van der Waals surface area contributed by atoms with Gasteiger partial charge in [0.05, 0.1) is 17.3 Å². The maximum Gasteiger partial charge on any atom is 0.309 e. The number of rotatable bonds is 1. The quantitative estimate of drug-likeness (QED) is 0.853. The zero-order valence-corrected chi connectivity index (χ0v) is 10.8. The van der Waals surface area contributed by atoms with Crippen molar-refractivity contribution < 1.29 is 9.90 Å². The van der Waals surface area contributed by atoms with Crippen LogP contribution >= 0.6 is 15.9 Å². The summed E-state index contributed by atoms with van der Waals surface area (Å²) in [6, 6.07) is 5.84. The molecule has 2 atom stereocenters. The van der Waals surface area contributed by atoms with E-state index in [0.717, 1.165) is 34.3 Å². The van der Waals surface area contributed by atoms with Crippen molar-refractivity contribution in [2.45, 2.75) is 25.3 Å². The predicted octanol–water partition coefficient (Wildman–Crippen LogP) is 1.49. The topological polar surface area (TPSA) is 49.7 Å². The average Bonchev–Trinajstić information content (AvgIpc) is 2.66. The number of carbonyl (C=O) groups is 1. The van der Waals surface area contributed by atoms with Gasteiger partial charge in [-0.15, -0.1) is 0 Å². The molecule has 0 aromatic heterocycles. The Morgan fingerprint density at radius 1 is 1.47 bits per heavy atom. The standard InChI is InChI=1S/C13H12BrNO2/c14-7-4-5-11-10(6-7)8-2-1-3-9(13(16)17)12(8)15-11/h4-6,9,12H,1-3H2,(H,16,17)/t9-,12-/m0/s1. The maximum atomic E-state index is 11.2. The van der Waals surface area contributed by atoms with Gasteiger partial charge >= 0.3 is 5.97 Å². The van der Waals surface area contributed by atoms with Crippen LogP contribution in [0, 0.1) is 5.92 Å². The summed E-state index contributed by atoms with van der Waals surface area (Å²) in [5.74, 6) is -1.06. The van der Waals surface area contributed by atoms with E-state index < -0.39 is 5.97 Å². The molecule has 17 heavy (non-hydrogen) atoms. The molecule has 1 aromatic carbocycles. The van der Waals surface area contributed by atoms with Crippen LogP contribution in [0.3, 0.4) is 0 Å². The fourth-order valence-electron chi connectivity index (χ4n) is 2.81. The molecule has 0 bridgehead atoms. The highest BCUT2D eigenvalue weighted by molar-refractivity contribution is 9.10.